The predicted molar refractivity (Wildman–Crippen MR) is 41.3 cm³/mol. The van der Waals surface area contributed by atoms with E-state index in [4.69, 9.17) is 5.84 Å². The Morgan fingerprint density at radius 3 is 2.67 bits per heavy atom. The molecule has 2 nitrogen and oxygen atoms in total. The Bertz CT molecular complexity index is 114. The van der Waals surface area contributed by atoms with Gasteiger partial charge in [-0.3, -0.25) is 0 Å². The summed E-state index contributed by atoms with van der Waals surface area (Å²) in [7, 11) is 0. The quantitative estimate of drug-likeness (QED) is 0.349. The van der Waals surface area contributed by atoms with E-state index >= 15 is 0 Å². The summed E-state index contributed by atoms with van der Waals surface area (Å²) in [5.74, 6) is 4.96. The van der Waals surface area contributed by atoms with Gasteiger partial charge in [0.05, 0.1) is 0 Å². The highest BCUT2D eigenvalue weighted by Crippen LogP contribution is 1.99. The first-order valence-electron chi connectivity index (χ1n) is 3.23. The Labute approximate surface area is 56.4 Å². The number of allylic oxidation sites excluding steroid dienone is 2. The smallest absolute Gasteiger partial charge is 0.0494 e. The maximum absolute atomic E-state index is 4.96. The second-order valence-electron chi connectivity index (χ2n) is 1.89. The Kier molecular flexibility index (Phi) is 4.88. The highest BCUT2D eigenvalue weighted by molar-refractivity contribution is 5.77. The summed E-state index contributed by atoms with van der Waals surface area (Å²) in [4.78, 5) is 0. The van der Waals surface area contributed by atoms with Crippen molar-refractivity contribution in [3.63, 3.8) is 0 Å². The van der Waals surface area contributed by atoms with Crippen molar-refractivity contribution in [1.82, 2.24) is 0 Å². The van der Waals surface area contributed by atoms with Gasteiger partial charge in [0.2, 0.25) is 0 Å². The van der Waals surface area contributed by atoms with Crippen molar-refractivity contribution in [3.8, 4) is 0 Å². The van der Waals surface area contributed by atoms with Gasteiger partial charge in [0, 0.05) is 6.21 Å². The molecule has 0 unspecified atom stereocenters. The molecule has 2 heteroatoms. The van der Waals surface area contributed by atoms with Crippen molar-refractivity contribution in [2.24, 2.45) is 10.9 Å². The Morgan fingerprint density at radius 1 is 1.67 bits per heavy atom. The largest absolute Gasteiger partial charge is 0.323 e. The monoisotopic (exact) mass is 126 g/mol. The van der Waals surface area contributed by atoms with Crippen molar-refractivity contribution in [1.29, 1.82) is 0 Å². The standard InChI is InChI=1S/C7H14N2/c1-3-5-7(4-2)6-9-8/h4,6H,3,5,8H2,1-2H3/b7-4-,9-6-. The highest BCUT2D eigenvalue weighted by atomic mass is 15.1. The number of hydrogen-bond acceptors (Lipinski definition) is 2. The van der Waals surface area contributed by atoms with E-state index in [1.807, 2.05) is 13.0 Å². The average molecular weight is 126 g/mol. The molecule has 0 radical (unpaired) electrons. The van der Waals surface area contributed by atoms with E-state index in [9.17, 15) is 0 Å². The molecule has 0 aromatic carbocycles. The summed E-state index contributed by atoms with van der Waals surface area (Å²) < 4.78 is 0. The molecular formula is C7H14N2. The van der Waals surface area contributed by atoms with Crippen LogP contribution in [0, 0.1) is 0 Å². The third-order valence-corrected chi connectivity index (χ3v) is 1.15. The van der Waals surface area contributed by atoms with Crippen LogP contribution in [0.15, 0.2) is 16.8 Å². The molecule has 9 heavy (non-hydrogen) atoms. The van der Waals surface area contributed by atoms with Crippen LogP contribution < -0.4 is 5.84 Å². The van der Waals surface area contributed by atoms with Crippen molar-refractivity contribution in [2.75, 3.05) is 0 Å². The fourth-order valence-corrected chi connectivity index (χ4v) is 0.668. The summed E-state index contributed by atoms with van der Waals surface area (Å²) in [6, 6.07) is 0. The molecule has 0 rings (SSSR count). The molecule has 0 heterocycles. The molecule has 2 N–H and O–H groups in total. The van der Waals surface area contributed by atoms with E-state index in [0.717, 1.165) is 12.8 Å². The van der Waals surface area contributed by atoms with Crippen LogP contribution in [0.5, 0.6) is 0 Å². The zero-order chi connectivity index (χ0) is 7.11. The summed E-state index contributed by atoms with van der Waals surface area (Å²) in [6.45, 7) is 4.13. The minimum absolute atomic E-state index is 1.07. The zero-order valence-corrected chi connectivity index (χ0v) is 6.09. The van der Waals surface area contributed by atoms with Crippen LogP contribution in [0.2, 0.25) is 0 Å². The van der Waals surface area contributed by atoms with Gasteiger partial charge in [0.1, 0.15) is 0 Å². The maximum Gasteiger partial charge on any atom is 0.0494 e. The molecule has 0 saturated carbocycles. The lowest BCUT2D eigenvalue weighted by atomic mass is 10.2. The molecule has 52 valence electrons. The van der Waals surface area contributed by atoms with Gasteiger partial charge in [-0.25, -0.2) is 0 Å². The van der Waals surface area contributed by atoms with Crippen molar-refractivity contribution in [3.05, 3.63) is 11.6 Å². The van der Waals surface area contributed by atoms with Gasteiger partial charge >= 0.3 is 0 Å². The van der Waals surface area contributed by atoms with E-state index in [0.29, 0.717) is 0 Å². The third-order valence-electron chi connectivity index (χ3n) is 1.15. The van der Waals surface area contributed by atoms with E-state index in [1.54, 1.807) is 6.21 Å². The highest BCUT2D eigenvalue weighted by Gasteiger charge is 1.86. The van der Waals surface area contributed by atoms with Gasteiger partial charge in [-0.2, -0.15) is 5.10 Å². The molecule has 0 aliphatic heterocycles. The van der Waals surface area contributed by atoms with Crippen LogP contribution in [0.4, 0.5) is 0 Å². The van der Waals surface area contributed by atoms with Gasteiger partial charge in [-0.15, -0.1) is 0 Å². The lowest BCUT2D eigenvalue weighted by Crippen LogP contribution is -1.87. The first-order valence-corrected chi connectivity index (χ1v) is 3.23. The summed E-state index contributed by atoms with van der Waals surface area (Å²) in [6.07, 6.45) is 5.94. The van der Waals surface area contributed by atoms with Crippen LogP contribution in [0.25, 0.3) is 0 Å². The molecule has 0 aromatic heterocycles. The molecule has 0 fully saturated rings. The van der Waals surface area contributed by atoms with E-state index < -0.39 is 0 Å². The van der Waals surface area contributed by atoms with Gasteiger partial charge in [-0.05, 0) is 18.9 Å². The van der Waals surface area contributed by atoms with Crippen LogP contribution in [-0.2, 0) is 0 Å². The lowest BCUT2D eigenvalue weighted by Gasteiger charge is -1.93. The second-order valence-corrected chi connectivity index (χ2v) is 1.89. The lowest BCUT2D eigenvalue weighted by molar-refractivity contribution is 0.936. The molecule has 0 aromatic rings. The third kappa shape index (κ3) is 3.76. The van der Waals surface area contributed by atoms with Gasteiger partial charge in [0.15, 0.2) is 0 Å². The topological polar surface area (TPSA) is 38.4 Å². The van der Waals surface area contributed by atoms with E-state index in [2.05, 4.69) is 12.0 Å². The molecule has 0 bridgehead atoms. The number of nitrogens with zero attached hydrogens (tertiary/aromatic N) is 1. The Morgan fingerprint density at radius 2 is 2.33 bits per heavy atom. The maximum atomic E-state index is 4.96. The van der Waals surface area contributed by atoms with Crippen molar-refractivity contribution < 1.29 is 0 Å². The normalized spacial score (nSPS) is 12.9. The molecule has 0 aliphatic carbocycles. The predicted octanol–water partition coefficient (Wildman–Crippen LogP) is 1.68. The van der Waals surface area contributed by atoms with Gasteiger partial charge in [-0.1, -0.05) is 19.4 Å². The number of hydrogen-bond donors (Lipinski definition) is 1. The van der Waals surface area contributed by atoms with Crippen LogP contribution in [0.3, 0.4) is 0 Å². The Balaban J connectivity index is 3.70. The molecule has 0 spiro atoms. The summed E-state index contributed by atoms with van der Waals surface area (Å²) in [5, 5.41) is 3.43. The second kappa shape index (κ2) is 5.35. The fraction of sp³-hybridized carbons (Fsp3) is 0.571. The van der Waals surface area contributed by atoms with Crippen LogP contribution in [-0.4, -0.2) is 6.21 Å². The van der Waals surface area contributed by atoms with Crippen molar-refractivity contribution >= 4 is 6.21 Å². The summed E-state index contributed by atoms with van der Waals surface area (Å²) >= 11 is 0. The van der Waals surface area contributed by atoms with Gasteiger partial charge < -0.3 is 5.84 Å². The first kappa shape index (κ1) is 8.21. The number of hydrazone groups is 1. The molecule has 0 amide bonds. The SMILES string of the molecule is C/C=C(\C=N/N)CCC. The summed E-state index contributed by atoms with van der Waals surface area (Å²) in [5.41, 5.74) is 1.21. The minimum Gasteiger partial charge on any atom is -0.323 e. The Hall–Kier alpha value is -0.790. The molecule has 0 aliphatic rings. The molecular weight excluding hydrogens is 112 g/mol. The number of rotatable bonds is 3. The van der Waals surface area contributed by atoms with E-state index in [1.165, 1.54) is 5.57 Å². The average Bonchev–Trinajstić information content (AvgIpc) is 1.88. The van der Waals surface area contributed by atoms with Gasteiger partial charge in [0.25, 0.3) is 0 Å². The fourth-order valence-electron chi connectivity index (χ4n) is 0.668. The van der Waals surface area contributed by atoms with Crippen LogP contribution >= 0.6 is 0 Å². The minimum atomic E-state index is 1.07. The zero-order valence-electron chi connectivity index (χ0n) is 6.09. The molecule has 0 saturated heterocycles. The molecule has 0 atom stereocenters. The first-order chi connectivity index (χ1) is 4.35. The van der Waals surface area contributed by atoms with Crippen molar-refractivity contribution in [2.45, 2.75) is 26.7 Å². The van der Waals surface area contributed by atoms with E-state index in [-0.39, 0.29) is 0 Å². The van der Waals surface area contributed by atoms with Crippen LogP contribution in [0.1, 0.15) is 26.7 Å². The number of nitrogens with two attached hydrogens (primary N) is 1.